The minimum Gasteiger partial charge on any atom is -0.408 e. The zero-order valence-electron chi connectivity index (χ0n) is 12.1. The van der Waals surface area contributed by atoms with Crippen molar-refractivity contribution in [3.63, 3.8) is 0 Å². The lowest BCUT2D eigenvalue weighted by Gasteiger charge is -2.10. The van der Waals surface area contributed by atoms with Crippen molar-refractivity contribution in [1.29, 1.82) is 0 Å². The summed E-state index contributed by atoms with van der Waals surface area (Å²) in [6, 6.07) is 9.87. The maximum Gasteiger partial charge on any atom is 0.417 e. The number of H-pyrrole nitrogens is 1. The van der Waals surface area contributed by atoms with E-state index in [9.17, 15) is 13.2 Å². The van der Waals surface area contributed by atoms with Gasteiger partial charge < -0.3 is 4.42 Å². The SMILES string of the molecule is Cc1cc2[nH]c(=O)oc2cc1S(=O)(=O)NCc1ccccc1Cl. The number of aromatic nitrogens is 1. The molecule has 2 N–H and O–H groups in total. The summed E-state index contributed by atoms with van der Waals surface area (Å²) >= 11 is 6.02. The zero-order chi connectivity index (χ0) is 16.6. The van der Waals surface area contributed by atoms with Gasteiger partial charge in [0, 0.05) is 17.6 Å². The Labute approximate surface area is 137 Å². The second kappa shape index (κ2) is 5.84. The molecule has 0 saturated heterocycles. The molecule has 0 saturated carbocycles. The molecule has 0 aliphatic heterocycles. The van der Waals surface area contributed by atoms with Crippen LogP contribution in [0.3, 0.4) is 0 Å². The second-order valence-electron chi connectivity index (χ2n) is 5.04. The lowest BCUT2D eigenvalue weighted by Crippen LogP contribution is -2.24. The molecule has 0 fully saturated rings. The van der Waals surface area contributed by atoms with Crippen molar-refractivity contribution < 1.29 is 12.8 Å². The third kappa shape index (κ3) is 3.17. The highest BCUT2D eigenvalue weighted by atomic mass is 35.5. The van der Waals surface area contributed by atoms with Crippen molar-refractivity contribution in [3.8, 4) is 0 Å². The summed E-state index contributed by atoms with van der Waals surface area (Å²) in [7, 11) is -3.77. The molecule has 120 valence electrons. The number of sulfonamides is 1. The third-order valence-corrected chi connectivity index (χ3v) is 5.33. The summed E-state index contributed by atoms with van der Waals surface area (Å²) in [5, 5.41) is 0.485. The van der Waals surface area contributed by atoms with Gasteiger partial charge in [0.05, 0.1) is 10.4 Å². The van der Waals surface area contributed by atoms with Crippen molar-refractivity contribution in [1.82, 2.24) is 9.71 Å². The number of oxazole rings is 1. The van der Waals surface area contributed by atoms with E-state index in [2.05, 4.69) is 9.71 Å². The molecule has 0 radical (unpaired) electrons. The summed E-state index contributed by atoms with van der Waals surface area (Å²) in [4.78, 5) is 13.8. The topological polar surface area (TPSA) is 92.2 Å². The van der Waals surface area contributed by atoms with Crippen LogP contribution in [0.2, 0.25) is 5.02 Å². The molecule has 0 bridgehead atoms. The highest BCUT2D eigenvalue weighted by Crippen LogP contribution is 2.22. The highest BCUT2D eigenvalue weighted by molar-refractivity contribution is 7.89. The van der Waals surface area contributed by atoms with E-state index in [-0.39, 0.29) is 17.0 Å². The van der Waals surface area contributed by atoms with Crippen LogP contribution in [0.15, 0.2) is 50.5 Å². The summed E-state index contributed by atoms with van der Waals surface area (Å²) in [5.74, 6) is -0.627. The number of aryl methyl sites for hydroxylation is 1. The molecule has 1 aromatic heterocycles. The third-order valence-electron chi connectivity index (χ3n) is 3.42. The fraction of sp³-hybridized carbons (Fsp3) is 0.133. The Kier molecular flexibility index (Phi) is 4.01. The summed E-state index contributed by atoms with van der Waals surface area (Å²) in [5.41, 5.74) is 1.82. The Morgan fingerprint density at radius 1 is 1.26 bits per heavy atom. The molecule has 3 aromatic rings. The summed E-state index contributed by atoms with van der Waals surface area (Å²) in [6.07, 6.45) is 0. The van der Waals surface area contributed by atoms with E-state index in [1.54, 1.807) is 37.3 Å². The Hall–Kier alpha value is -2.09. The first-order valence-corrected chi connectivity index (χ1v) is 8.59. The molecule has 0 spiro atoms. The van der Waals surface area contributed by atoms with Gasteiger partial charge >= 0.3 is 5.76 Å². The quantitative estimate of drug-likeness (QED) is 0.754. The monoisotopic (exact) mass is 352 g/mol. The molecule has 0 aliphatic rings. The van der Waals surface area contributed by atoms with Crippen molar-refractivity contribution >= 4 is 32.7 Å². The molecule has 8 heteroatoms. The van der Waals surface area contributed by atoms with Gasteiger partial charge in [0.2, 0.25) is 10.0 Å². The summed E-state index contributed by atoms with van der Waals surface area (Å²) in [6.45, 7) is 1.71. The van der Waals surface area contributed by atoms with Crippen molar-refractivity contribution in [2.45, 2.75) is 18.4 Å². The molecule has 23 heavy (non-hydrogen) atoms. The Morgan fingerprint density at radius 2 is 2.00 bits per heavy atom. The van der Waals surface area contributed by atoms with Crippen LogP contribution in [0.25, 0.3) is 11.1 Å². The first kappa shape index (κ1) is 15.8. The van der Waals surface area contributed by atoms with Gasteiger partial charge in [-0.05, 0) is 30.2 Å². The Bertz CT molecular complexity index is 1040. The predicted octanol–water partition coefficient (Wildman–Crippen LogP) is 2.56. The predicted molar refractivity (Wildman–Crippen MR) is 87.0 cm³/mol. The smallest absolute Gasteiger partial charge is 0.408 e. The number of benzene rings is 2. The van der Waals surface area contributed by atoms with Crippen molar-refractivity contribution in [2.24, 2.45) is 0 Å². The number of hydrogen-bond donors (Lipinski definition) is 2. The van der Waals surface area contributed by atoms with Gasteiger partial charge in [0.1, 0.15) is 0 Å². The Morgan fingerprint density at radius 3 is 2.74 bits per heavy atom. The van der Waals surface area contributed by atoms with Gasteiger partial charge in [0.25, 0.3) is 0 Å². The summed E-state index contributed by atoms with van der Waals surface area (Å²) < 4.78 is 32.4. The van der Waals surface area contributed by atoms with E-state index in [1.165, 1.54) is 6.07 Å². The standard InChI is InChI=1S/C15H13ClN2O4S/c1-9-6-12-13(22-15(19)18-12)7-14(9)23(20,21)17-8-10-4-2-3-5-11(10)16/h2-7,17H,8H2,1H3,(H,18,19). The first-order valence-electron chi connectivity index (χ1n) is 6.73. The highest BCUT2D eigenvalue weighted by Gasteiger charge is 2.19. The van der Waals surface area contributed by atoms with Crippen molar-refractivity contribution in [2.75, 3.05) is 0 Å². The average Bonchev–Trinajstić information content (AvgIpc) is 2.84. The molecule has 6 nitrogen and oxygen atoms in total. The average molecular weight is 353 g/mol. The minimum atomic E-state index is -3.77. The van der Waals surface area contributed by atoms with Gasteiger partial charge in [0.15, 0.2) is 5.58 Å². The molecule has 0 atom stereocenters. The molecule has 1 heterocycles. The second-order valence-corrected chi connectivity index (χ2v) is 7.19. The maximum atomic E-state index is 12.5. The zero-order valence-corrected chi connectivity index (χ0v) is 13.7. The Balaban J connectivity index is 1.94. The van der Waals surface area contributed by atoms with E-state index in [1.807, 2.05) is 0 Å². The van der Waals surface area contributed by atoms with Crippen LogP contribution in [0.5, 0.6) is 0 Å². The molecular weight excluding hydrogens is 340 g/mol. The van der Waals surface area contributed by atoms with Crippen molar-refractivity contribution in [3.05, 3.63) is 63.1 Å². The van der Waals surface area contributed by atoms with Gasteiger partial charge in [-0.1, -0.05) is 29.8 Å². The molecule has 3 rings (SSSR count). The molecule has 2 aromatic carbocycles. The normalized spacial score (nSPS) is 11.9. The van der Waals surface area contributed by atoms with Gasteiger partial charge in [-0.2, -0.15) is 0 Å². The number of hydrogen-bond acceptors (Lipinski definition) is 4. The van der Waals surface area contributed by atoms with Crippen LogP contribution in [-0.2, 0) is 16.6 Å². The van der Waals surface area contributed by atoms with Crippen LogP contribution in [-0.4, -0.2) is 13.4 Å². The maximum absolute atomic E-state index is 12.5. The fourth-order valence-electron chi connectivity index (χ4n) is 2.27. The van der Waals surface area contributed by atoms with E-state index in [0.29, 0.717) is 21.7 Å². The van der Waals surface area contributed by atoms with E-state index < -0.39 is 15.8 Å². The number of nitrogens with one attached hydrogen (secondary N) is 2. The molecule has 0 amide bonds. The lowest BCUT2D eigenvalue weighted by atomic mass is 10.2. The van der Waals surface area contributed by atoms with E-state index in [0.717, 1.165) is 0 Å². The molecule has 0 aliphatic carbocycles. The first-order chi connectivity index (χ1) is 10.9. The largest absolute Gasteiger partial charge is 0.417 e. The minimum absolute atomic E-state index is 0.0554. The fourth-order valence-corrected chi connectivity index (χ4v) is 3.72. The number of fused-ring (bicyclic) bond motifs is 1. The van der Waals surface area contributed by atoms with Gasteiger partial charge in [-0.3, -0.25) is 4.98 Å². The number of rotatable bonds is 4. The van der Waals surface area contributed by atoms with Crippen LogP contribution in [0, 0.1) is 6.92 Å². The number of halogens is 1. The van der Waals surface area contributed by atoms with E-state index in [4.69, 9.17) is 16.0 Å². The van der Waals surface area contributed by atoms with E-state index >= 15 is 0 Å². The molecular formula is C15H13ClN2O4S. The van der Waals surface area contributed by atoms with Crippen LogP contribution >= 0.6 is 11.6 Å². The van der Waals surface area contributed by atoms with Crippen LogP contribution in [0.4, 0.5) is 0 Å². The number of aromatic amines is 1. The van der Waals surface area contributed by atoms with Crippen LogP contribution in [0.1, 0.15) is 11.1 Å². The lowest BCUT2D eigenvalue weighted by molar-refractivity contribution is 0.553. The van der Waals surface area contributed by atoms with Gasteiger partial charge in [-0.25, -0.2) is 17.9 Å². The van der Waals surface area contributed by atoms with Gasteiger partial charge in [-0.15, -0.1) is 0 Å². The van der Waals surface area contributed by atoms with Crippen LogP contribution < -0.4 is 10.5 Å². The molecule has 0 unspecified atom stereocenters.